The van der Waals surface area contributed by atoms with Crippen LogP contribution in [0.25, 0.3) is 0 Å². The first-order valence-corrected chi connectivity index (χ1v) is 7.52. The summed E-state index contributed by atoms with van der Waals surface area (Å²) in [7, 11) is -2.04. The second-order valence-corrected chi connectivity index (χ2v) is 7.43. The number of nitrogens with one attached hydrogen (secondary N) is 2. The molecule has 19 heavy (non-hydrogen) atoms. The molecule has 108 valence electrons. The van der Waals surface area contributed by atoms with Crippen molar-refractivity contribution < 1.29 is 13.5 Å². The monoisotopic (exact) mass is 286 g/mol. The van der Waals surface area contributed by atoms with E-state index in [-0.39, 0.29) is 4.90 Å². The van der Waals surface area contributed by atoms with Crippen molar-refractivity contribution in [3.05, 3.63) is 24.3 Å². The van der Waals surface area contributed by atoms with Gasteiger partial charge in [-0.25, -0.2) is 13.1 Å². The van der Waals surface area contributed by atoms with Crippen molar-refractivity contribution >= 4 is 15.7 Å². The van der Waals surface area contributed by atoms with Crippen molar-refractivity contribution in [2.45, 2.75) is 43.7 Å². The molecule has 0 saturated carbocycles. The molecule has 0 spiro atoms. The fraction of sp³-hybridized carbons (Fsp3) is 0.538. The predicted molar refractivity (Wildman–Crippen MR) is 76.7 cm³/mol. The van der Waals surface area contributed by atoms with Crippen LogP contribution < -0.4 is 10.0 Å². The summed E-state index contributed by atoms with van der Waals surface area (Å²) < 4.78 is 25.4. The van der Waals surface area contributed by atoms with Gasteiger partial charge in [0.15, 0.2) is 0 Å². The topological polar surface area (TPSA) is 78.4 Å². The highest BCUT2D eigenvalue weighted by atomic mass is 32.2. The lowest BCUT2D eigenvalue weighted by molar-refractivity contribution is 0.0240. The van der Waals surface area contributed by atoms with Crippen LogP contribution in [0.4, 0.5) is 5.69 Å². The van der Waals surface area contributed by atoms with Crippen LogP contribution >= 0.6 is 0 Å². The molecule has 0 atom stereocenters. The molecule has 0 heterocycles. The lowest BCUT2D eigenvalue weighted by Gasteiger charge is -2.38. The van der Waals surface area contributed by atoms with Gasteiger partial charge in [-0.15, -0.1) is 0 Å². The van der Waals surface area contributed by atoms with Crippen LogP contribution in [0.1, 0.15) is 27.7 Å². The van der Waals surface area contributed by atoms with Crippen LogP contribution in [-0.2, 0) is 10.0 Å². The lowest BCUT2D eigenvalue weighted by Crippen LogP contribution is -2.51. The van der Waals surface area contributed by atoms with Crippen molar-refractivity contribution in [1.29, 1.82) is 0 Å². The smallest absolute Gasteiger partial charge is 0.240 e. The molecule has 6 heteroatoms. The highest BCUT2D eigenvalue weighted by Crippen LogP contribution is 2.26. The van der Waals surface area contributed by atoms with Crippen molar-refractivity contribution in [1.82, 2.24) is 4.72 Å². The van der Waals surface area contributed by atoms with Crippen molar-refractivity contribution in [2.24, 2.45) is 0 Å². The standard InChI is InChI=1S/C13H22N2O3S/c1-12(2,13(3,4)16)15-10-6-8-11(9-7-10)19(17,18)14-5/h6-9,14-16H,1-5H3. The number of hydrogen-bond acceptors (Lipinski definition) is 4. The van der Waals surface area contributed by atoms with E-state index < -0.39 is 21.2 Å². The Morgan fingerprint density at radius 3 is 1.89 bits per heavy atom. The normalized spacial score (nSPS) is 13.4. The molecule has 0 aliphatic rings. The van der Waals surface area contributed by atoms with Gasteiger partial charge in [-0.05, 0) is 59.0 Å². The molecule has 1 rings (SSSR count). The molecular weight excluding hydrogens is 264 g/mol. The van der Waals surface area contributed by atoms with Crippen molar-refractivity contribution in [3.63, 3.8) is 0 Å². The molecule has 0 aromatic heterocycles. The van der Waals surface area contributed by atoms with Gasteiger partial charge in [-0.1, -0.05) is 0 Å². The summed E-state index contributed by atoms with van der Waals surface area (Å²) in [6.07, 6.45) is 0. The predicted octanol–water partition coefficient (Wildman–Crippen LogP) is 1.56. The van der Waals surface area contributed by atoms with Crippen LogP contribution in [0.5, 0.6) is 0 Å². The van der Waals surface area contributed by atoms with Crippen molar-refractivity contribution in [2.75, 3.05) is 12.4 Å². The highest BCUT2D eigenvalue weighted by Gasteiger charge is 2.34. The van der Waals surface area contributed by atoms with Crippen LogP contribution in [-0.4, -0.2) is 31.7 Å². The average Bonchev–Trinajstić information content (AvgIpc) is 2.27. The molecule has 0 aliphatic heterocycles. The quantitative estimate of drug-likeness (QED) is 0.767. The van der Waals surface area contributed by atoms with Gasteiger partial charge in [0.05, 0.1) is 16.0 Å². The van der Waals surface area contributed by atoms with Gasteiger partial charge in [0.2, 0.25) is 10.0 Å². The third-order valence-corrected chi connectivity index (χ3v) is 4.85. The van der Waals surface area contributed by atoms with E-state index in [4.69, 9.17) is 0 Å². The zero-order chi connectivity index (χ0) is 14.9. The number of sulfonamides is 1. The van der Waals surface area contributed by atoms with E-state index in [1.807, 2.05) is 13.8 Å². The SMILES string of the molecule is CNS(=O)(=O)c1ccc(NC(C)(C)C(C)(C)O)cc1. The van der Waals surface area contributed by atoms with Gasteiger partial charge >= 0.3 is 0 Å². The zero-order valence-electron chi connectivity index (χ0n) is 12.0. The Bertz CT molecular complexity index is 528. The van der Waals surface area contributed by atoms with Gasteiger partial charge in [0.1, 0.15) is 0 Å². The second-order valence-electron chi connectivity index (χ2n) is 5.54. The fourth-order valence-corrected chi connectivity index (χ4v) is 2.08. The van der Waals surface area contributed by atoms with Gasteiger partial charge in [-0.3, -0.25) is 0 Å². The van der Waals surface area contributed by atoms with Crippen LogP contribution in [0, 0.1) is 0 Å². The van der Waals surface area contributed by atoms with Crippen molar-refractivity contribution in [3.8, 4) is 0 Å². The first kappa shape index (κ1) is 15.9. The maximum atomic E-state index is 11.6. The summed E-state index contributed by atoms with van der Waals surface area (Å²) in [6, 6.07) is 6.40. The Labute approximate surface area is 115 Å². The Balaban J connectivity index is 2.96. The Kier molecular flexibility index (Phi) is 4.29. The van der Waals surface area contributed by atoms with E-state index in [9.17, 15) is 13.5 Å². The second kappa shape index (κ2) is 5.11. The minimum Gasteiger partial charge on any atom is -0.388 e. The van der Waals surface area contributed by atoms with E-state index in [1.54, 1.807) is 26.0 Å². The number of hydrogen-bond donors (Lipinski definition) is 3. The van der Waals surface area contributed by atoms with Gasteiger partial charge in [0, 0.05) is 5.69 Å². The fourth-order valence-electron chi connectivity index (χ4n) is 1.35. The third kappa shape index (κ3) is 3.68. The molecule has 0 aliphatic carbocycles. The third-order valence-electron chi connectivity index (χ3n) is 3.42. The summed E-state index contributed by atoms with van der Waals surface area (Å²) in [5.74, 6) is 0. The molecule has 0 amide bonds. The van der Waals surface area contributed by atoms with E-state index in [0.717, 1.165) is 5.69 Å². The van der Waals surface area contributed by atoms with Crippen LogP contribution in [0.2, 0.25) is 0 Å². The zero-order valence-corrected chi connectivity index (χ0v) is 12.8. The molecule has 0 fully saturated rings. The molecule has 0 saturated heterocycles. The van der Waals surface area contributed by atoms with Gasteiger partial charge in [-0.2, -0.15) is 0 Å². The van der Waals surface area contributed by atoms with E-state index >= 15 is 0 Å². The highest BCUT2D eigenvalue weighted by molar-refractivity contribution is 7.89. The number of anilines is 1. The van der Waals surface area contributed by atoms with E-state index in [2.05, 4.69) is 10.0 Å². The Morgan fingerprint density at radius 1 is 1.05 bits per heavy atom. The number of aliphatic hydroxyl groups is 1. The minimum absolute atomic E-state index is 0.210. The molecule has 0 bridgehead atoms. The van der Waals surface area contributed by atoms with E-state index in [0.29, 0.717) is 0 Å². The summed E-state index contributed by atoms with van der Waals surface area (Å²) >= 11 is 0. The molecule has 5 nitrogen and oxygen atoms in total. The first-order valence-electron chi connectivity index (χ1n) is 6.04. The summed E-state index contributed by atoms with van der Waals surface area (Å²) in [4.78, 5) is 0.210. The summed E-state index contributed by atoms with van der Waals surface area (Å²) in [5.41, 5.74) is -0.707. The minimum atomic E-state index is -3.41. The van der Waals surface area contributed by atoms with Gasteiger partial charge in [0.25, 0.3) is 0 Å². The maximum Gasteiger partial charge on any atom is 0.240 e. The largest absolute Gasteiger partial charge is 0.388 e. The molecular formula is C13H22N2O3S. The maximum absolute atomic E-state index is 11.6. The summed E-state index contributed by atoms with van der Waals surface area (Å²) in [6.45, 7) is 7.20. The summed E-state index contributed by atoms with van der Waals surface area (Å²) in [5, 5.41) is 13.2. The number of rotatable bonds is 5. The van der Waals surface area contributed by atoms with Crippen LogP contribution in [0.15, 0.2) is 29.2 Å². The first-order chi connectivity index (χ1) is 8.49. The van der Waals surface area contributed by atoms with Gasteiger partial charge < -0.3 is 10.4 Å². The molecule has 3 N–H and O–H groups in total. The lowest BCUT2D eigenvalue weighted by atomic mass is 9.86. The van der Waals surface area contributed by atoms with E-state index in [1.165, 1.54) is 19.2 Å². The molecule has 0 unspecified atom stereocenters. The number of benzene rings is 1. The average molecular weight is 286 g/mol. The Hall–Kier alpha value is -1.11. The molecule has 1 aromatic rings. The molecule has 0 radical (unpaired) electrons. The van der Waals surface area contributed by atoms with Crippen LogP contribution in [0.3, 0.4) is 0 Å². The Morgan fingerprint density at radius 2 is 1.53 bits per heavy atom. The molecule has 1 aromatic carbocycles.